The maximum atomic E-state index is 12.3. The molecule has 2 aromatic heterocycles. The number of ether oxygens (including phenoxy) is 2. The molecule has 0 saturated heterocycles. The van der Waals surface area contributed by atoms with Crippen LogP contribution in [0.5, 0.6) is 5.75 Å². The van der Waals surface area contributed by atoms with E-state index in [-0.39, 0.29) is 5.97 Å². The molecule has 1 aromatic carbocycles. The van der Waals surface area contributed by atoms with Gasteiger partial charge in [-0.05, 0) is 55.0 Å². The molecule has 0 spiro atoms. The molecule has 5 nitrogen and oxygen atoms in total. The summed E-state index contributed by atoms with van der Waals surface area (Å²) in [6.07, 6.45) is 3.43. The maximum absolute atomic E-state index is 12.3. The van der Waals surface area contributed by atoms with E-state index in [0.29, 0.717) is 12.2 Å². The van der Waals surface area contributed by atoms with Crippen molar-refractivity contribution >= 4 is 5.97 Å². The Balaban J connectivity index is 2.08. The molecular weight excluding hydrogens is 304 g/mol. The van der Waals surface area contributed by atoms with Crippen LogP contribution in [0.1, 0.15) is 17.3 Å². The molecule has 0 unspecified atom stereocenters. The molecule has 3 aromatic rings. The number of nitrogens with zero attached hydrogens (tertiary/aromatic N) is 1. The van der Waals surface area contributed by atoms with Crippen molar-refractivity contribution in [2.45, 2.75) is 6.92 Å². The molecule has 0 aliphatic carbocycles. The van der Waals surface area contributed by atoms with Crippen LogP contribution in [0, 0.1) is 0 Å². The van der Waals surface area contributed by atoms with Gasteiger partial charge in [-0.25, -0.2) is 4.79 Å². The number of hydrogen-bond donors (Lipinski definition) is 1. The quantitative estimate of drug-likeness (QED) is 0.723. The van der Waals surface area contributed by atoms with Gasteiger partial charge in [0.25, 0.3) is 0 Å². The average Bonchev–Trinajstić information content (AvgIpc) is 3.08. The van der Waals surface area contributed by atoms with Gasteiger partial charge < -0.3 is 14.5 Å². The van der Waals surface area contributed by atoms with Crippen LogP contribution in [0.15, 0.2) is 54.9 Å². The van der Waals surface area contributed by atoms with Crippen molar-refractivity contribution in [3.05, 3.63) is 60.4 Å². The normalized spacial score (nSPS) is 10.4. The molecule has 24 heavy (non-hydrogen) atoms. The SMILES string of the molecule is CCOC(=O)c1cc(-c2ccncc2)[nH]c1-c1ccc(OC)cc1. The third kappa shape index (κ3) is 3.15. The summed E-state index contributed by atoms with van der Waals surface area (Å²) < 4.78 is 10.4. The molecule has 0 aliphatic rings. The fourth-order valence-corrected chi connectivity index (χ4v) is 2.50. The zero-order chi connectivity index (χ0) is 16.9. The van der Waals surface area contributed by atoms with E-state index in [2.05, 4.69) is 9.97 Å². The van der Waals surface area contributed by atoms with Crippen molar-refractivity contribution in [1.82, 2.24) is 9.97 Å². The first-order valence-corrected chi connectivity index (χ1v) is 7.68. The number of carbonyl (C=O) groups is 1. The monoisotopic (exact) mass is 322 g/mol. The largest absolute Gasteiger partial charge is 0.497 e. The van der Waals surface area contributed by atoms with Crippen LogP contribution >= 0.6 is 0 Å². The van der Waals surface area contributed by atoms with Crippen LogP contribution in [-0.4, -0.2) is 29.7 Å². The lowest BCUT2D eigenvalue weighted by atomic mass is 10.1. The first-order valence-electron chi connectivity index (χ1n) is 7.68. The van der Waals surface area contributed by atoms with Crippen LogP contribution in [0.2, 0.25) is 0 Å². The second-order valence-corrected chi connectivity index (χ2v) is 5.16. The van der Waals surface area contributed by atoms with Crippen molar-refractivity contribution < 1.29 is 14.3 Å². The molecule has 0 amide bonds. The number of pyridine rings is 1. The van der Waals surface area contributed by atoms with Crippen molar-refractivity contribution in [2.75, 3.05) is 13.7 Å². The molecule has 1 N–H and O–H groups in total. The Bertz CT molecular complexity index is 824. The van der Waals surface area contributed by atoms with Gasteiger partial charge in [0.15, 0.2) is 0 Å². The highest BCUT2D eigenvalue weighted by molar-refractivity contribution is 5.98. The van der Waals surface area contributed by atoms with E-state index in [1.807, 2.05) is 42.5 Å². The summed E-state index contributed by atoms with van der Waals surface area (Å²) >= 11 is 0. The lowest BCUT2D eigenvalue weighted by Crippen LogP contribution is -2.04. The van der Waals surface area contributed by atoms with Crippen molar-refractivity contribution in [2.24, 2.45) is 0 Å². The zero-order valence-electron chi connectivity index (χ0n) is 13.6. The predicted octanol–water partition coefficient (Wildman–Crippen LogP) is 3.93. The number of esters is 1. The average molecular weight is 322 g/mol. The minimum absolute atomic E-state index is 0.330. The van der Waals surface area contributed by atoms with Gasteiger partial charge in [-0.15, -0.1) is 0 Å². The van der Waals surface area contributed by atoms with Crippen LogP contribution in [-0.2, 0) is 4.74 Å². The highest BCUT2D eigenvalue weighted by atomic mass is 16.5. The van der Waals surface area contributed by atoms with Gasteiger partial charge in [0.05, 0.1) is 25.0 Å². The summed E-state index contributed by atoms with van der Waals surface area (Å²) in [5.74, 6) is 0.414. The number of carbonyl (C=O) groups excluding carboxylic acids is 1. The van der Waals surface area contributed by atoms with Gasteiger partial charge in [0.2, 0.25) is 0 Å². The number of aromatic amines is 1. The number of rotatable bonds is 5. The Labute approximate surface area is 140 Å². The highest BCUT2D eigenvalue weighted by Gasteiger charge is 2.18. The van der Waals surface area contributed by atoms with Gasteiger partial charge in [-0.1, -0.05) is 0 Å². The molecule has 0 bridgehead atoms. The summed E-state index contributed by atoms with van der Waals surface area (Å²) in [5.41, 5.74) is 3.91. The Morgan fingerprint density at radius 1 is 1.08 bits per heavy atom. The summed E-state index contributed by atoms with van der Waals surface area (Å²) in [6, 6.07) is 13.1. The fraction of sp³-hybridized carbons (Fsp3) is 0.158. The van der Waals surface area contributed by atoms with Crippen LogP contribution < -0.4 is 4.74 Å². The molecule has 0 atom stereocenters. The molecule has 5 heteroatoms. The number of aromatic nitrogens is 2. The van der Waals surface area contributed by atoms with E-state index in [9.17, 15) is 4.79 Å². The van der Waals surface area contributed by atoms with Gasteiger partial charge in [-0.3, -0.25) is 4.98 Å². The third-order valence-electron chi connectivity index (χ3n) is 3.68. The summed E-state index contributed by atoms with van der Waals surface area (Å²) in [5, 5.41) is 0. The number of hydrogen-bond acceptors (Lipinski definition) is 4. The molecule has 122 valence electrons. The van der Waals surface area contributed by atoms with Gasteiger partial charge in [0.1, 0.15) is 5.75 Å². The van der Waals surface area contributed by atoms with Crippen molar-refractivity contribution in [3.8, 4) is 28.3 Å². The van der Waals surface area contributed by atoms with Crippen molar-refractivity contribution in [1.29, 1.82) is 0 Å². The second kappa shape index (κ2) is 7.00. The second-order valence-electron chi connectivity index (χ2n) is 5.16. The third-order valence-corrected chi connectivity index (χ3v) is 3.68. The summed E-state index contributed by atoms with van der Waals surface area (Å²) in [7, 11) is 1.62. The minimum Gasteiger partial charge on any atom is -0.497 e. The molecular formula is C19H18N2O3. The van der Waals surface area contributed by atoms with Crippen molar-refractivity contribution in [3.63, 3.8) is 0 Å². The first kappa shape index (κ1) is 15.8. The Hall–Kier alpha value is -3.08. The minimum atomic E-state index is -0.347. The molecule has 0 radical (unpaired) electrons. The van der Waals surface area contributed by atoms with Gasteiger partial charge >= 0.3 is 5.97 Å². The lowest BCUT2D eigenvalue weighted by molar-refractivity contribution is 0.0527. The Kier molecular flexibility index (Phi) is 4.61. The Morgan fingerprint density at radius 2 is 1.79 bits per heavy atom. The fourth-order valence-electron chi connectivity index (χ4n) is 2.50. The van der Waals surface area contributed by atoms with Gasteiger partial charge in [-0.2, -0.15) is 0 Å². The molecule has 0 saturated carbocycles. The molecule has 0 fully saturated rings. The van der Waals surface area contributed by atoms with E-state index in [1.165, 1.54) is 0 Å². The number of benzene rings is 1. The summed E-state index contributed by atoms with van der Waals surface area (Å²) in [6.45, 7) is 2.12. The molecule has 3 rings (SSSR count). The van der Waals surface area contributed by atoms with Crippen LogP contribution in [0.25, 0.3) is 22.5 Å². The topological polar surface area (TPSA) is 64.2 Å². The number of nitrogens with one attached hydrogen (secondary N) is 1. The highest BCUT2D eigenvalue weighted by Crippen LogP contribution is 2.30. The van der Waals surface area contributed by atoms with E-state index >= 15 is 0 Å². The number of H-pyrrole nitrogens is 1. The predicted molar refractivity (Wildman–Crippen MR) is 92.0 cm³/mol. The van der Waals surface area contributed by atoms with E-state index in [4.69, 9.17) is 9.47 Å². The van der Waals surface area contributed by atoms with Crippen LogP contribution in [0.4, 0.5) is 0 Å². The standard InChI is InChI=1S/C19H18N2O3/c1-3-24-19(22)16-12-17(13-8-10-20-11-9-13)21-18(16)14-4-6-15(23-2)7-5-14/h4-12,21H,3H2,1-2H3. The number of methoxy groups -OCH3 is 1. The van der Waals surface area contributed by atoms with Crippen LogP contribution in [0.3, 0.4) is 0 Å². The smallest absolute Gasteiger partial charge is 0.340 e. The Morgan fingerprint density at radius 3 is 2.42 bits per heavy atom. The first-order chi connectivity index (χ1) is 11.7. The van der Waals surface area contributed by atoms with E-state index < -0.39 is 0 Å². The zero-order valence-corrected chi connectivity index (χ0v) is 13.6. The molecule has 0 aliphatic heterocycles. The maximum Gasteiger partial charge on any atom is 0.340 e. The van der Waals surface area contributed by atoms with E-state index in [1.54, 1.807) is 26.4 Å². The lowest BCUT2D eigenvalue weighted by Gasteiger charge is -2.05. The van der Waals surface area contributed by atoms with E-state index in [0.717, 1.165) is 28.3 Å². The van der Waals surface area contributed by atoms with Gasteiger partial charge in [0, 0.05) is 23.7 Å². The molecule has 2 heterocycles. The summed E-state index contributed by atoms with van der Waals surface area (Å²) in [4.78, 5) is 19.7.